The topological polar surface area (TPSA) is 44.5 Å². The third-order valence-corrected chi connectivity index (χ3v) is 4.29. The van der Waals surface area contributed by atoms with E-state index in [4.69, 9.17) is 15.2 Å². The van der Waals surface area contributed by atoms with Gasteiger partial charge in [0.1, 0.15) is 0 Å². The van der Waals surface area contributed by atoms with E-state index in [1.807, 2.05) is 6.07 Å². The highest BCUT2D eigenvalue weighted by Gasteiger charge is 2.44. The first-order valence-corrected chi connectivity index (χ1v) is 6.10. The summed E-state index contributed by atoms with van der Waals surface area (Å²) < 4.78 is 10.6. The van der Waals surface area contributed by atoms with E-state index in [-0.39, 0.29) is 5.41 Å². The van der Waals surface area contributed by atoms with Crippen LogP contribution in [0.2, 0.25) is 0 Å². The van der Waals surface area contributed by atoms with Gasteiger partial charge >= 0.3 is 0 Å². The molecule has 3 nitrogen and oxygen atoms in total. The molecule has 1 aliphatic carbocycles. The number of hydrogen-bond donors (Lipinski definition) is 1. The third-order valence-electron chi connectivity index (χ3n) is 4.29. The summed E-state index contributed by atoms with van der Waals surface area (Å²) in [7, 11) is 3.32. The lowest BCUT2D eigenvalue weighted by atomic mass is 9.57. The summed E-state index contributed by atoms with van der Waals surface area (Å²) in [5.41, 5.74) is 7.39. The lowest BCUT2D eigenvalue weighted by molar-refractivity contribution is 0.145. The lowest BCUT2D eigenvalue weighted by Gasteiger charge is -2.48. The first-order valence-electron chi connectivity index (χ1n) is 6.10. The van der Waals surface area contributed by atoms with Crippen LogP contribution in [-0.2, 0) is 5.41 Å². The number of methoxy groups -OCH3 is 2. The van der Waals surface area contributed by atoms with Crippen LogP contribution in [0, 0.1) is 5.92 Å². The van der Waals surface area contributed by atoms with Crippen LogP contribution >= 0.6 is 0 Å². The van der Waals surface area contributed by atoms with Crippen molar-refractivity contribution < 1.29 is 9.47 Å². The van der Waals surface area contributed by atoms with Crippen LogP contribution in [0.5, 0.6) is 11.5 Å². The standard InChI is InChI=1S/C14H21NO2/c1-10-6-7-14(10,9-15)11-4-5-12(16-2)13(8-11)17-3/h4-5,8,10H,6-7,9,15H2,1-3H3. The molecule has 2 N–H and O–H groups in total. The maximum Gasteiger partial charge on any atom is 0.161 e. The Bertz CT molecular complexity index is 401. The lowest BCUT2D eigenvalue weighted by Crippen LogP contribution is -2.48. The van der Waals surface area contributed by atoms with Crippen molar-refractivity contribution >= 4 is 0 Å². The minimum Gasteiger partial charge on any atom is -0.493 e. The molecule has 0 spiro atoms. The van der Waals surface area contributed by atoms with Crippen LogP contribution in [0.4, 0.5) is 0 Å². The van der Waals surface area contributed by atoms with E-state index in [9.17, 15) is 0 Å². The van der Waals surface area contributed by atoms with Gasteiger partial charge in [-0.15, -0.1) is 0 Å². The molecule has 17 heavy (non-hydrogen) atoms. The van der Waals surface area contributed by atoms with Crippen LogP contribution < -0.4 is 15.2 Å². The number of ether oxygens (including phenoxy) is 2. The zero-order valence-electron chi connectivity index (χ0n) is 10.8. The van der Waals surface area contributed by atoms with E-state index in [0.717, 1.165) is 11.5 Å². The van der Waals surface area contributed by atoms with Gasteiger partial charge in [0.05, 0.1) is 14.2 Å². The Hall–Kier alpha value is -1.22. The highest BCUT2D eigenvalue weighted by molar-refractivity contribution is 5.46. The van der Waals surface area contributed by atoms with Crippen molar-refractivity contribution in [2.45, 2.75) is 25.2 Å². The minimum atomic E-state index is 0.138. The molecule has 2 rings (SSSR count). The molecule has 0 radical (unpaired) electrons. The molecule has 1 aliphatic rings. The molecule has 1 aromatic rings. The predicted molar refractivity (Wildman–Crippen MR) is 68.7 cm³/mol. The van der Waals surface area contributed by atoms with Crippen molar-refractivity contribution in [1.29, 1.82) is 0 Å². The van der Waals surface area contributed by atoms with Crippen molar-refractivity contribution in [3.63, 3.8) is 0 Å². The fourth-order valence-electron chi connectivity index (χ4n) is 2.78. The average molecular weight is 235 g/mol. The van der Waals surface area contributed by atoms with Crippen LogP contribution in [-0.4, -0.2) is 20.8 Å². The van der Waals surface area contributed by atoms with Crippen molar-refractivity contribution in [1.82, 2.24) is 0 Å². The number of rotatable bonds is 4. The van der Waals surface area contributed by atoms with Gasteiger partial charge in [0.15, 0.2) is 11.5 Å². The second-order valence-electron chi connectivity index (χ2n) is 4.87. The Morgan fingerprint density at radius 1 is 1.29 bits per heavy atom. The zero-order valence-corrected chi connectivity index (χ0v) is 10.8. The monoisotopic (exact) mass is 235 g/mol. The van der Waals surface area contributed by atoms with Gasteiger partial charge in [-0.05, 0) is 36.5 Å². The first-order chi connectivity index (χ1) is 8.17. The molecule has 1 fully saturated rings. The molecule has 0 aromatic heterocycles. The van der Waals surface area contributed by atoms with Crippen LogP contribution in [0.1, 0.15) is 25.3 Å². The van der Waals surface area contributed by atoms with Gasteiger partial charge in [-0.3, -0.25) is 0 Å². The highest BCUT2D eigenvalue weighted by Crippen LogP contribution is 2.49. The van der Waals surface area contributed by atoms with E-state index in [1.54, 1.807) is 14.2 Å². The third kappa shape index (κ3) is 1.78. The van der Waals surface area contributed by atoms with Crippen LogP contribution in [0.15, 0.2) is 18.2 Å². The second-order valence-corrected chi connectivity index (χ2v) is 4.87. The molecule has 1 aromatic carbocycles. The highest BCUT2D eigenvalue weighted by atomic mass is 16.5. The van der Waals surface area contributed by atoms with E-state index in [0.29, 0.717) is 12.5 Å². The van der Waals surface area contributed by atoms with Gasteiger partial charge in [-0.1, -0.05) is 13.0 Å². The largest absolute Gasteiger partial charge is 0.493 e. The fourth-order valence-corrected chi connectivity index (χ4v) is 2.78. The average Bonchev–Trinajstić information content (AvgIpc) is 2.38. The molecular formula is C14H21NO2. The van der Waals surface area contributed by atoms with Crippen molar-refractivity contribution in [3.8, 4) is 11.5 Å². The second kappa shape index (κ2) is 4.57. The van der Waals surface area contributed by atoms with Crippen LogP contribution in [0.25, 0.3) is 0 Å². The molecule has 3 heteroatoms. The maximum absolute atomic E-state index is 5.98. The van der Waals surface area contributed by atoms with Gasteiger partial charge in [-0.2, -0.15) is 0 Å². The number of nitrogens with two attached hydrogens (primary N) is 1. The molecule has 0 heterocycles. The Kier molecular flexibility index (Phi) is 3.29. The Morgan fingerprint density at radius 2 is 2.00 bits per heavy atom. The van der Waals surface area contributed by atoms with Gasteiger partial charge in [0, 0.05) is 12.0 Å². The molecule has 94 valence electrons. The first kappa shape index (κ1) is 12.2. The van der Waals surface area contributed by atoms with E-state index in [1.165, 1.54) is 18.4 Å². The smallest absolute Gasteiger partial charge is 0.161 e. The predicted octanol–water partition coefficient (Wildman–Crippen LogP) is 2.33. The summed E-state index contributed by atoms with van der Waals surface area (Å²) in [6.07, 6.45) is 2.42. The van der Waals surface area contributed by atoms with Gasteiger partial charge in [0.2, 0.25) is 0 Å². The van der Waals surface area contributed by atoms with Crippen molar-refractivity contribution in [3.05, 3.63) is 23.8 Å². The molecule has 0 bridgehead atoms. The Labute approximate surface area is 103 Å². The Balaban J connectivity index is 2.39. The summed E-state index contributed by atoms with van der Waals surface area (Å²) in [6, 6.07) is 6.15. The summed E-state index contributed by atoms with van der Waals surface area (Å²) in [5, 5.41) is 0. The number of benzene rings is 1. The molecule has 0 aliphatic heterocycles. The van der Waals surface area contributed by atoms with Gasteiger partial charge in [0.25, 0.3) is 0 Å². The molecule has 1 saturated carbocycles. The summed E-state index contributed by atoms with van der Waals surface area (Å²) in [6.45, 7) is 2.97. The van der Waals surface area contributed by atoms with E-state index in [2.05, 4.69) is 19.1 Å². The van der Waals surface area contributed by atoms with E-state index < -0.39 is 0 Å². The molecule has 0 amide bonds. The van der Waals surface area contributed by atoms with Crippen LogP contribution in [0.3, 0.4) is 0 Å². The normalized spacial score (nSPS) is 27.4. The minimum absolute atomic E-state index is 0.138. The molecule has 2 unspecified atom stereocenters. The molecule has 2 atom stereocenters. The zero-order chi connectivity index (χ0) is 12.5. The summed E-state index contributed by atoms with van der Waals surface area (Å²) in [5.74, 6) is 2.21. The van der Waals surface area contributed by atoms with Gasteiger partial charge in [-0.25, -0.2) is 0 Å². The summed E-state index contributed by atoms with van der Waals surface area (Å²) >= 11 is 0. The maximum atomic E-state index is 5.98. The fraction of sp³-hybridized carbons (Fsp3) is 0.571. The Morgan fingerprint density at radius 3 is 2.41 bits per heavy atom. The molecular weight excluding hydrogens is 214 g/mol. The van der Waals surface area contributed by atoms with Gasteiger partial charge < -0.3 is 15.2 Å². The van der Waals surface area contributed by atoms with Crippen molar-refractivity contribution in [2.75, 3.05) is 20.8 Å². The van der Waals surface area contributed by atoms with Crippen molar-refractivity contribution in [2.24, 2.45) is 11.7 Å². The number of hydrogen-bond acceptors (Lipinski definition) is 3. The quantitative estimate of drug-likeness (QED) is 0.871. The molecule has 0 saturated heterocycles. The summed E-state index contributed by atoms with van der Waals surface area (Å²) in [4.78, 5) is 0. The van der Waals surface area contributed by atoms with E-state index >= 15 is 0 Å². The SMILES string of the molecule is COc1ccc(C2(CN)CCC2C)cc1OC.